The van der Waals surface area contributed by atoms with Crippen molar-refractivity contribution in [2.75, 3.05) is 25.0 Å². The van der Waals surface area contributed by atoms with Gasteiger partial charge in [0.05, 0.1) is 12.2 Å². The molecule has 1 N–H and O–H groups in total. The molecule has 0 atom stereocenters. The predicted molar refractivity (Wildman–Crippen MR) is 102 cm³/mol. The van der Waals surface area contributed by atoms with E-state index in [1.54, 1.807) is 11.3 Å². The molecule has 0 unspecified atom stereocenters. The third-order valence-corrected chi connectivity index (χ3v) is 5.94. The van der Waals surface area contributed by atoms with Crippen LogP contribution in [0.4, 0.5) is 5.13 Å². The van der Waals surface area contributed by atoms with Gasteiger partial charge in [-0.05, 0) is 44.3 Å². The molecule has 1 saturated heterocycles. The fraction of sp³-hybridized carbons (Fsp3) is 0.412. The summed E-state index contributed by atoms with van der Waals surface area (Å²) in [4.78, 5) is 18.6. The van der Waals surface area contributed by atoms with Gasteiger partial charge < -0.3 is 9.73 Å². The number of aromatic nitrogens is 3. The molecule has 0 spiro atoms. The van der Waals surface area contributed by atoms with E-state index in [1.165, 1.54) is 11.3 Å². The van der Waals surface area contributed by atoms with Gasteiger partial charge in [-0.1, -0.05) is 0 Å². The fourth-order valence-corrected chi connectivity index (χ4v) is 4.35. The van der Waals surface area contributed by atoms with Gasteiger partial charge in [0.2, 0.25) is 17.7 Å². The summed E-state index contributed by atoms with van der Waals surface area (Å²) in [5.74, 6) is 1.53. The number of aryl methyl sites for hydroxylation is 1. The van der Waals surface area contributed by atoms with Gasteiger partial charge >= 0.3 is 0 Å². The number of carbonyl (C=O) groups excluding carboxylic acids is 1. The van der Waals surface area contributed by atoms with Crippen molar-refractivity contribution in [1.29, 1.82) is 0 Å². The van der Waals surface area contributed by atoms with Crippen molar-refractivity contribution in [2.45, 2.75) is 25.7 Å². The molecule has 7 nitrogen and oxygen atoms in total. The quantitative estimate of drug-likeness (QED) is 0.720. The molecule has 1 aliphatic heterocycles. The summed E-state index contributed by atoms with van der Waals surface area (Å²) in [7, 11) is 0. The number of rotatable bonds is 5. The third-order valence-electron chi connectivity index (χ3n) is 4.38. The maximum absolute atomic E-state index is 12.2. The third kappa shape index (κ3) is 4.00. The first-order valence-electron chi connectivity index (χ1n) is 8.47. The minimum Gasteiger partial charge on any atom is -0.420 e. The highest BCUT2D eigenvalue weighted by Gasteiger charge is 2.26. The Morgan fingerprint density at radius 3 is 2.88 bits per heavy atom. The van der Waals surface area contributed by atoms with E-state index in [9.17, 15) is 4.79 Å². The number of hydrogen-bond donors (Lipinski definition) is 1. The van der Waals surface area contributed by atoms with Gasteiger partial charge in [-0.3, -0.25) is 9.69 Å². The number of thiazole rings is 1. The number of thiophene rings is 1. The summed E-state index contributed by atoms with van der Waals surface area (Å²) in [5.41, 5.74) is 1.90. The van der Waals surface area contributed by atoms with E-state index >= 15 is 0 Å². The van der Waals surface area contributed by atoms with E-state index in [0.29, 0.717) is 23.5 Å². The lowest BCUT2D eigenvalue weighted by Crippen LogP contribution is -2.38. The molecule has 0 saturated carbocycles. The SMILES string of the molecule is Cc1csc(NC(=O)CN2CCC(c3nnc(-c4ccsc4)o3)CC2)n1. The topological polar surface area (TPSA) is 84.2 Å². The minimum atomic E-state index is -0.0182. The molecule has 0 bridgehead atoms. The van der Waals surface area contributed by atoms with Crippen molar-refractivity contribution in [3.63, 3.8) is 0 Å². The van der Waals surface area contributed by atoms with Gasteiger partial charge in [-0.25, -0.2) is 4.98 Å². The van der Waals surface area contributed by atoms with Gasteiger partial charge in [-0.15, -0.1) is 21.5 Å². The molecule has 3 aromatic heterocycles. The van der Waals surface area contributed by atoms with Crippen molar-refractivity contribution in [2.24, 2.45) is 0 Å². The lowest BCUT2D eigenvalue weighted by atomic mass is 9.97. The number of carbonyl (C=O) groups is 1. The second-order valence-electron chi connectivity index (χ2n) is 6.35. The smallest absolute Gasteiger partial charge is 0.248 e. The summed E-state index contributed by atoms with van der Waals surface area (Å²) < 4.78 is 5.84. The number of likely N-dealkylation sites (tertiary alicyclic amines) is 1. The Morgan fingerprint density at radius 1 is 1.35 bits per heavy atom. The molecule has 3 aromatic rings. The number of amides is 1. The van der Waals surface area contributed by atoms with Crippen LogP contribution in [0.3, 0.4) is 0 Å². The van der Waals surface area contributed by atoms with E-state index in [-0.39, 0.29) is 11.8 Å². The Bertz CT molecular complexity index is 865. The molecule has 136 valence electrons. The number of nitrogens with one attached hydrogen (secondary N) is 1. The van der Waals surface area contributed by atoms with Crippen molar-refractivity contribution < 1.29 is 9.21 Å². The Balaban J connectivity index is 1.28. The monoisotopic (exact) mass is 389 g/mol. The van der Waals surface area contributed by atoms with E-state index < -0.39 is 0 Å². The average molecular weight is 390 g/mol. The highest BCUT2D eigenvalue weighted by atomic mass is 32.1. The number of nitrogens with zero attached hydrogens (tertiary/aromatic N) is 4. The van der Waals surface area contributed by atoms with Gasteiger partial charge in [0.25, 0.3) is 0 Å². The van der Waals surface area contributed by atoms with Crippen LogP contribution in [0.2, 0.25) is 0 Å². The zero-order valence-corrected chi connectivity index (χ0v) is 16.0. The normalized spacial score (nSPS) is 16.0. The first-order valence-corrected chi connectivity index (χ1v) is 10.3. The predicted octanol–water partition coefficient (Wildman–Crippen LogP) is 3.38. The molecular formula is C17H19N5O2S2. The van der Waals surface area contributed by atoms with Crippen LogP contribution in [0.5, 0.6) is 0 Å². The van der Waals surface area contributed by atoms with Gasteiger partial charge in [0.1, 0.15) is 0 Å². The maximum Gasteiger partial charge on any atom is 0.248 e. The van der Waals surface area contributed by atoms with Crippen LogP contribution in [0.25, 0.3) is 11.5 Å². The second-order valence-corrected chi connectivity index (χ2v) is 7.99. The molecule has 1 aliphatic rings. The average Bonchev–Trinajstić information content (AvgIpc) is 3.36. The van der Waals surface area contributed by atoms with E-state index in [2.05, 4.69) is 25.4 Å². The Kier molecular flexibility index (Phi) is 5.09. The van der Waals surface area contributed by atoms with Crippen molar-refractivity contribution >= 4 is 33.7 Å². The van der Waals surface area contributed by atoms with Crippen LogP contribution in [0, 0.1) is 6.92 Å². The van der Waals surface area contributed by atoms with Gasteiger partial charge in [-0.2, -0.15) is 11.3 Å². The van der Waals surface area contributed by atoms with Crippen molar-refractivity contribution in [3.05, 3.63) is 33.8 Å². The summed E-state index contributed by atoms with van der Waals surface area (Å²) in [6, 6.07) is 1.98. The molecule has 4 heterocycles. The number of anilines is 1. The van der Waals surface area contributed by atoms with Gasteiger partial charge in [0.15, 0.2) is 5.13 Å². The molecule has 9 heteroatoms. The number of hydrogen-bond acceptors (Lipinski definition) is 8. The second kappa shape index (κ2) is 7.65. The Morgan fingerprint density at radius 2 is 2.19 bits per heavy atom. The molecule has 4 rings (SSSR count). The standard InChI is InChI=1S/C17H19N5O2S2/c1-11-9-26-17(18-11)19-14(23)8-22-5-2-12(3-6-22)15-20-21-16(24-15)13-4-7-25-10-13/h4,7,9-10,12H,2-3,5-6,8H2,1H3,(H,18,19,23). The molecular weight excluding hydrogens is 370 g/mol. The molecule has 1 amide bonds. The fourth-order valence-electron chi connectivity index (χ4n) is 3.01. The minimum absolute atomic E-state index is 0.0182. The van der Waals surface area contributed by atoms with Crippen LogP contribution < -0.4 is 5.32 Å². The van der Waals surface area contributed by atoms with E-state index in [0.717, 1.165) is 37.2 Å². The Hall–Kier alpha value is -2.10. The van der Waals surface area contributed by atoms with Crippen LogP contribution in [-0.4, -0.2) is 45.6 Å². The van der Waals surface area contributed by atoms with Crippen LogP contribution in [0.1, 0.15) is 30.3 Å². The molecule has 26 heavy (non-hydrogen) atoms. The first-order chi connectivity index (χ1) is 12.7. The van der Waals surface area contributed by atoms with Crippen LogP contribution >= 0.6 is 22.7 Å². The van der Waals surface area contributed by atoms with E-state index in [4.69, 9.17) is 4.42 Å². The zero-order valence-electron chi connectivity index (χ0n) is 14.3. The molecule has 1 fully saturated rings. The van der Waals surface area contributed by atoms with Crippen LogP contribution in [-0.2, 0) is 4.79 Å². The van der Waals surface area contributed by atoms with Crippen molar-refractivity contribution in [3.8, 4) is 11.5 Å². The van der Waals surface area contributed by atoms with Crippen LogP contribution in [0.15, 0.2) is 26.6 Å². The highest BCUT2D eigenvalue weighted by molar-refractivity contribution is 7.13. The Labute approximate surface area is 159 Å². The summed E-state index contributed by atoms with van der Waals surface area (Å²) in [6.07, 6.45) is 1.82. The largest absolute Gasteiger partial charge is 0.420 e. The molecule has 0 aliphatic carbocycles. The summed E-state index contributed by atoms with van der Waals surface area (Å²) in [5, 5.41) is 17.8. The lowest BCUT2D eigenvalue weighted by Gasteiger charge is -2.29. The molecule has 0 aromatic carbocycles. The zero-order chi connectivity index (χ0) is 17.9. The number of piperidine rings is 1. The van der Waals surface area contributed by atoms with Gasteiger partial charge in [0, 0.05) is 22.2 Å². The molecule has 0 radical (unpaired) electrons. The lowest BCUT2D eigenvalue weighted by molar-refractivity contribution is -0.117. The summed E-state index contributed by atoms with van der Waals surface area (Å²) >= 11 is 3.06. The highest BCUT2D eigenvalue weighted by Crippen LogP contribution is 2.29. The first kappa shape index (κ1) is 17.3. The van der Waals surface area contributed by atoms with Crippen molar-refractivity contribution in [1.82, 2.24) is 20.1 Å². The van der Waals surface area contributed by atoms with E-state index in [1.807, 2.05) is 29.1 Å². The summed E-state index contributed by atoms with van der Waals surface area (Å²) in [6.45, 7) is 3.98. The maximum atomic E-state index is 12.2.